The van der Waals surface area contributed by atoms with Gasteiger partial charge in [-0.15, -0.1) is 0 Å². The highest BCUT2D eigenvalue weighted by atomic mass is 15.5. The highest BCUT2D eigenvalue weighted by Crippen LogP contribution is 2.52. The number of para-hydroxylation sites is 2. The fourth-order valence-corrected chi connectivity index (χ4v) is 4.44. The Morgan fingerprint density at radius 3 is 2.24 bits per heavy atom. The van der Waals surface area contributed by atoms with Crippen molar-refractivity contribution in [1.29, 1.82) is 0 Å². The number of hydrogen-bond donors (Lipinski definition) is 0. The molecule has 0 aromatic heterocycles. The van der Waals surface area contributed by atoms with Crippen LogP contribution in [0.1, 0.15) is 31.9 Å². The van der Waals surface area contributed by atoms with Crippen molar-refractivity contribution in [2.24, 2.45) is 4.99 Å². The zero-order valence-corrected chi connectivity index (χ0v) is 15.6. The Balaban J connectivity index is 2.00. The average molecular weight is 331 g/mol. The Morgan fingerprint density at radius 1 is 0.960 bits per heavy atom. The van der Waals surface area contributed by atoms with Gasteiger partial charge in [0.25, 0.3) is 0 Å². The summed E-state index contributed by atoms with van der Waals surface area (Å²) in [5.74, 6) is 1.05. The lowest BCUT2D eigenvalue weighted by Gasteiger charge is -2.36. The molecule has 128 valence electrons. The highest BCUT2D eigenvalue weighted by molar-refractivity contribution is 6.17. The molecule has 0 N–H and O–H groups in total. The van der Waals surface area contributed by atoms with Gasteiger partial charge in [0, 0.05) is 23.8 Å². The Morgan fingerprint density at radius 2 is 1.60 bits per heavy atom. The Labute approximate surface area is 150 Å². The molecule has 2 heterocycles. The van der Waals surface area contributed by atoms with Gasteiger partial charge in [-0.2, -0.15) is 0 Å². The first-order chi connectivity index (χ1) is 12.0. The molecule has 2 aromatic carbocycles. The molecule has 1 saturated heterocycles. The average Bonchev–Trinajstić information content (AvgIpc) is 3.07. The summed E-state index contributed by atoms with van der Waals surface area (Å²) >= 11 is 0. The largest absolute Gasteiger partial charge is 0.316 e. The molecular weight excluding hydrogens is 306 g/mol. The first-order valence-corrected chi connectivity index (χ1v) is 8.89. The zero-order valence-electron chi connectivity index (χ0n) is 15.6. The Kier molecular flexibility index (Phi) is 3.50. The van der Waals surface area contributed by atoms with Crippen molar-refractivity contribution in [2.45, 2.75) is 39.3 Å². The van der Waals surface area contributed by atoms with Crippen molar-refractivity contribution in [2.75, 3.05) is 16.8 Å². The minimum atomic E-state index is -0.0143. The quantitative estimate of drug-likeness (QED) is 0.742. The van der Waals surface area contributed by atoms with Crippen LogP contribution in [-0.4, -0.2) is 19.0 Å². The Bertz CT molecular complexity index is 892. The molecule has 0 radical (unpaired) electrons. The third-order valence-electron chi connectivity index (χ3n) is 5.57. The summed E-state index contributed by atoms with van der Waals surface area (Å²) in [5.41, 5.74) is 6.36. The maximum Gasteiger partial charge on any atom is 0.153 e. The van der Waals surface area contributed by atoms with Crippen LogP contribution in [0.15, 0.2) is 65.3 Å². The minimum absolute atomic E-state index is 0.0143. The molecular formula is C22H25N3. The van der Waals surface area contributed by atoms with Gasteiger partial charge in [0.05, 0.1) is 5.70 Å². The monoisotopic (exact) mass is 331 g/mol. The summed E-state index contributed by atoms with van der Waals surface area (Å²) in [6, 6.07) is 17.4. The first kappa shape index (κ1) is 15.9. The van der Waals surface area contributed by atoms with Gasteiger partial charge >= 0.3 is 0 Å². The minimum Gasteiger partial charge on any atom is -0.316 e. The maximum absolute atomic E-state index is 4.68. The van der Waals surface area contributed by atoms with Gasteiger partial charge < -0.3 is 9.80 Å². The summed E-state index contributed by atoms with van der Waals surface area (Å²) in [6.45, 7) is 8.97. The van der Waals surface area contributed by atoms with Crippen molar-refractivity contribution in [3.63, 3.8) is 0 Å². The Hall–Kier alpha value is -2.55. The molecule has 1 unspecified atom stereocenters. The number of benzene rings is 2. The summed E-state index contributed by atoms with van der Waals surface area (Å²) < 4.78 is 0. The summed E-state index contributed by atoms with van der Waals surface area (Å²) in [7, 11) is 1.89. The van der Waals surface area contributed by atoms with E-state index in [2.05, 4.69) is 97.1 Å². The summed E-state index contributed by atoms with van der Waals surface area (Å²) in [6.07, 6.45) is 2.38. The molecule has 2 aliphatic heterocycles. The van der Waals surface area contributed by atoms with Gasteiger partial charge in [-0.3, -0.25) is 4.99 Å². The van der Waals surface area contributed by atoms with E-state index in [4.69, 9.17) is 0 Å². The van der Waals surface area contributed by atoms with E-state index in [-0.39, 0.29) is 11.6 Å². The first-order valence-electron chi connectivity index (χ1n) is 8.89. The number of anilines is 2. The van der Waals surface area contributed by atoms with Crippen LogP contribution in [0.5, 0.6) is 0 Å². The molecule has 0 amide bonds. The number of rotatable bonds is 1. The number of aliphatic imine (C=N–C) groups is 1. The number of fused-ring (bicyclic) bond motifs is 3. The lowest BCUT2D eigenvalue weighted by Crippen LogP contribution is -2.47. The molecule has 0 aliphatic carbocycles. The van der Waals surface area contributed by atoms with E-state index in [1.165, 1.54) is 28.2 Å². The van der Waals surface area contributed by atoms with Gasteiger partial charge in [-0.05, 0) is 37.1 Å². The number of allylic oxidation sites excluding steroid dienone is 1. The van der Waals surface area contributed by atoms with Crippen molar-refractivity contribution in [3.8, 4) is 0 Å². The number of amidine groups is 1. The van der Waals surface area contributed by atoms with E-state index in [1.54, 1.807) is 0 Å². The van der Waals surface area contributed by atoms with Gasteiger partial charge in [-0.25, -0.2) is 0 Å². The molecule has 25 heavy (non-hydrogen) atoms. The summed E-state index contributed by atoms with van der Waals surface area (Å²) in [5, 5.41) is 0. The third-order valence-corrected chi connectivity index (χ3v) is 5.57. The molecule has 2 aliphatic rings. The van der Waals surface area contributed by atoms with Crippen LogP contribution >= 0.6 is 0 Å². The maximum atomic E-state index is 4.68. The molecule has 3 nitrogen and oxygen atoms in total. The van der Waals surface area contributed by atoms with E-state index in [0.717, 1.165) is 5.84 Å². The number of aryl methyl sites for hydroxylation is 1. The molecule has 1 atom stereocenters. The van der Waals surface area contributed by atoms with Crippen molar-refractivity contribution in [1.82, 2.24) is 0 Å². The lowest BCUT2D eigenvalue weighted by atomic mass is 9.83. The van der Waals surface area contributed by atoms with Crippen LogP contribution < -0.4 is 9.80 Å². The van der Waals surface area contributed by atoms with Crippen molar-refractivity contribution in [3.05, 3.63) is 71.4 Å². The predicted octanol–water partition coefficient (Wildman–Crippen LogP) is 4.87. The number of hydrogen-bond acceptors (Lipinski definition) is 2. The van der Waals surface area contributed by atoms with Crippen LogP contribution in [-0.2, 0) is 5.41 Å². The van der Waals surface area contributed by atoms with Gasteiger partial charge in [0.2, 0.25) is 0 Å². The second-order valence-electron chi connectivity index (χ2n) is 7.36. The molecule has 1 fully saturated rings. The normalized spacial score (nSPS) is 24.1. The lowest BCUT2D eigenvalue weighted by molar-refractivity contribution is 0.450. The van der Waals surface area contributed by atoms with Crippen LogP contribution in [0.2, 0.25) is 0 Å². The van der Waals surface area contributed by atoms with E-state index in [0.29, 0.717) is 0 Å². The standard InChI is InChI=1S/C22H25N3/c1-6-17-20(23-5)25-19-14-10-8-12-16(19)22(3,4)21(25)24(17)18-13-9-7-11-15(18)2/h6-14,21H,1-5H3. The van der Waals surface area contributed by atoms with E-state index in [9.17, 15) is 0 Å². The zero-order chi connectivity index (χ0) is 17.8. The second-order valence-corrected chi connectivity index (χ2v) is 7.36. The molecule has 0 saturated carbocycles. The van der Waals surface area contributed by atoms with Crippen molar-refractivity contribution >= 4 is 17.2 Å². The summed E-state index contributed by atoms with van der Waals surface area (Å²) in [4.78, 5) is 9.57. The van der Waals surface area contributed by atoms with Crippen LogP contribution in [0.25, 0.3) is 0 Å². The smallest absolute Gasteiger partial charge is 0.153 e. The van der Waals surface area contributed by atoms with Crippen molar-refractivity contribution < 1.29 is 0 Å². The fourth-order valence-electron chi connectivity index (χ4n) is 4.44. The third kappa shape index (κ3) is 2.02. The fraction of sp³-hybridized carbons (Fsp3) is 0.318. The predicted molar refractivity (Wildman–Crippen MR) is 107 cm³/mol. The van der Waals surface area contributed by atoms with Crippen LogP contribution in [0, 0.1) is 6.92 Å². The van der Waals surface area contributed by atoms with Gasteiger partial charge in [0.1, 0.15) is 6.17 Å². The van der Waals surface area contributed by atoms with Crippen LogP contribution in [0.3, 0.4) is 0 Å². The molecule has 0 spiro atoms. The van der Waals surface area contributed by atoms with E-state index < -0.39 is 0 Å². The highest BCUT2D eigenvalue weighted by Gasteiger charge is 2.55. The molecule has 2 aromatic rings. The van der Waals surface area contributed by atoms with Crippen LogP contribution in [0.4, 0.5) is 11.4 Å². The SMILES string of the molecule is CC=C1C(=NC)N2c3ccccc3C(C)(C)C2N1c1ccccc1C. The van der Waals surface area contributed by atoms with Gasteiger partial charge in [0.15, 0.2) is 5.84 Å². The van der Waals surface area contributed by atoms with E-state index in [1.807, 2.05) is 7.05 Å². The molecule has 0 bridgehead atoms. The number of nitrogens with zero attached hydrogens (tertiary/aromatic N) is 3. The van der Waals surface area contributed by atoms with E-state index >= 15 is 0 Å². The molecule has 3 heteroatoms. The second kappa shape index (κ2) is 5.48. The van der Waals surface area contributed by atoms with Gasteiger partial charge in [-0.1, -0.05) is 56.3 Å². The molecule has 4 rings (SSSR count). The topological polar surface area (TPSA) is 18.8 Å².